The first-order valence-corrected chi connectivity index (χ1v) is 12.3. The van der Waals surface area contributed by atoms with E-state index in [2.05, 4.69) is 26.8 Å². The number of halogens is 2. The van der Waals surface area contributed by atoms with Crippen LogP contribution in [0.1, 0.15) is 51.1 Å². The maximum atomic E-state index is 15.8. The van der Waals surface area contributed by atoms with Crippen LogP contribution in [-0.4, -0.2) is 38.0 Å². The molecule has 4 fully saturated rings. The van der Waals surface area contributed by atoms with Crippen LogP contribution in [0.3, 0.4) is 0 Å². The molecule has 0 spiro atoms. The fourth-order valence-corrected chi connectivity index (χ4v) is 6.50. The topological polar surface area (TPSA) is 70.6 Å². The van der Waals surface area contributed by atoms with Gasteiger partial charge in [0.1, 0.15) is 10.7 Å². The van der Waals surface area contributed by atoms with Gasteiger partial charge in [-0.1, -0.05) is 18.5 Å². The van der Waals surface area contributed by atoms with Gasteiger partial charge in [-0.3, -0.25) is 0 Å². The number of fused-ring (bicyclic) bond motifs is 4. The molecule has 0 unspecified atom stereocenters. The standard InChI is InChI=1S/C24H28ClFN6/c1-13-14-4-6-15(7-5-14)16(13)10-18-20(26)24(32-8-2-3-9-32)31-22(29-18)17-11-27-23-21(17)30-19(25)12-28-23/h11-16H,2-10H2,1H3,(H,27,28)/t13-,14?,15?,16+/m0/s1. The van der Waals surface area contributed by atoms with Gasteiger partial charge in [0.05, 0.1) is 17.5 Å². The van der Waals surface area contributed by atoms with Gasteiger partial charge in [-0.15, -0.1) is 0 Å². The van der Waals surface area contributed by atoms with Gasteiger partial charge in [-0.05, 0) is 68.6 Å². The Hall–Kier alpha value is -2.28. The number of aromatic amines is 1. The molecule has 3 aromatic heterocycles. The largest absolute Gasteiger partial charge is 0.354 e. The van der Waals surface area contributed by atoms with Crippen molar-refractivity contribution in [3.05, 3.63) is 29.1 Å². The third-order valence-corrected chi connectivity index (χ3v) is 8.35. The summed E-state index contributed by atoms with van der Waals surface area (Å²) in [6.07, 6.45) is 11.3. The maximum absolute atomic E-state index is 15.8. The van der Waals surface area contributed by atoms with E-state index in [9.17, 15) is 0 Å². The fourth-order valence-electron chi connectivity index (χ4n) is 6.37. The van der Waals surface area contributed by atoms with Crippen molar-refractivity contribution in [3.63, 3.8) is 0 Å². The molecule has 6 nitrogen and oxygen atoms in total. The number of hydrogen-bond acceptors (Lipinski definition) is 5. The molecule has 3 aliphatic carbocycles. The molecular weight excluding hydrogens is 427 g/mol. The first-order valence-electron chi connectivity index (χ1n) is 11.9. The minimum Gasteiger partial charge on any atom is -0.354 e. The highest BCUT2D eigenvalue weighted by Crippen LogP contribution is 2.50. The summed E-state index contributed by atoms with van der Waals surface area (Å²) < 4.78 is 15.8. The summed E-state index contributed by atoms with van der Waals surface area (Å²) in [6, 6.07) is 0. The molecule has 4 aliphatic rings. The Morgan fingerprint density at radius 1 is 1.09 bits per heavy atom. The highest BCUT2D eigenvalue weighted by Gasteiger charge is 2.41. The Balaban J connectivity index is 1.45. The Morgan fingerprint density at radius 2 is 1.84 bits per heavy atom. The van der Waals surface area contributed by atoms with Crippen LogP contribution in [0.15, 0.2) is 12.4 Å². The molecule has 0 aromatic carbocycles. The summed E-state index contributed by atoms with van der Waals surface area (Å²) in [5.74, 6) is 3.25. The number of H-pyrrole nitrogens is 1. The van der Waals surface area contributed by atoms with Crippen LogP contribution in [0.5, 0.6) is 0 Å². The fraction of sp³-hybridized carbons (Fsp3) is 0.583. The van der Waals surface area contributed by atoms with E-state index in [1.54, 1.807) is 6.20 Å². The molecule has 2 atom stereocenters. The molecule has 2 bridgehead atoms. The van der Waals surface area contributed by atoms with Gasteiger partial charge >= 0.3 is 0 Å². The van der Waals surface area contributed by atoms with Gasteiger partial charge < -0.3 is 9.88 Å². The van der Waals surface area contributed by atoms with Crippen LogP contribution in [0.25, 0.3) is 22.6 Å². The molecule has 3 aromatic rings. The van der Waals surface area contributed by atoms with E-state index >= 15 is 4.39 Å². The summed E-state index contributed by atoms with van der Waals surface area (Å²) in [5.41, 5.74) is 2.51. The molecule has 0 radical (unpaired) electrons. The second-order valence-corrected chi connectivity index (χ2v) is 10.2. The summed E-state index contributed by atoms with van der Waals surface area (Å²) in [6.45, 7) is 4.02. The average molecular weight is 455 g/mol. The lowest BCUT2D eigenvalue weighted by Gasteiger charge is -2.47. The number of nitrogens with one attached hydrogen (secondary N) is 1. The minimum absolute atomic E-state index is 0.242. The van der Waals surface area contributed by atoms with Crippen LogP contribution in [0.4, 0.5) is 10.2 Å². The molecule has 1 N–H and O–H groups in total. The zero-order valence-electron chi connectivity index (χ0n) is 18.3. The van der Waals surface area contributed by atoms with Crippen LogP contribution in [0, 0.1) is 29.5 Å². The Kier molecular flexibility index (Phi) is 5.05. The SMILES string of the molecule is C[C@H]1C2CCC(CC2)[C@@H]1Cc1nc(-c2c[nH]c3ncc(Cl)nc23)nc(N2CCCC2)c1F. The van der Waals surface area contributed by atoms with Crippen molar-refractivity contribution in [1.29, 1.82) is 0 Å². The van der Waals surface area contributed by atoms with Crippen molar-refractivity contribution in [2.24, 2.45) is 23.7 Å². The van der Waals surface area contributed by atoms with Crippen molar-refractivity contribution in [2.45, 2.75) is 51.9 Å². The third kappa shape index (κ3) is 3.36. The highest BCUT2D eigenvalue weighted by atomic mass is 35.5. The Labute approximate surface area is 192 Å². The van der Waals surface area contributed by atoms with Crippen LogP contribution < -0.4 is 4.90 Å². The molecule has 0 amide bonds. The van der Waals surface area contributed by atoms with Crippen molar-refractivity contribution in [2.75, 3.05) is 18.0 Å². The summed E-state index contributed by atoms with van der Waals surface area (Å²) in [5, 5.41) is 0.313. The molecule has 1 saturated heterocycles. The highest BCUT2D eigenvalue weighted by molar-refractivity contribution is 6.29. The number of aromatic nitrogens is 5. The van der Waals surface area contributed by atoms with E-state index in [1.165, 1.54) is 31.9 Å². The lowest BCUT2D eigenvalue weighted by atomic mass is 9.58. The molecule has 168 valence electrons. The summed E-state index contributed by atoms with van der Waals surface area (Å²) >= 11 is 6.11. The molecule has 32 heavy (non-hydrogen) atoms. The van der Waals surface area contributed by atoms with E-state index < -0.39 is 0 Å². The first kappa shape index (κ1) is 20.3. The van der Waals surface area contributed by atoms with Gasteiger partial charge in [-0.25, -0.2) is 24.3 Å². The number of anilines is 1. The molecule has 7 rings (SSSR count). The van der Waals surface area contributed by atoms with E-state index in [0.29, 0.717) is 57.8 Å². The predicted molar refractivity (Wildman–Crippen MR) is 123 cm³/mol. The quantitative estimate of drug-likeness (QED) is 0.569. The Morgan fingerprint density at radius 3 is 2.59 bits per heavy atom. The normalized spacial score (nSPS) is 27.5. The summed E-state index contributed by atoms with van der Waals surface area (Å²) in [4.78, 5) is 23.4. The van der Waals surface area contributed by atoms with E-state index in [4.69, 9.17) is 21.6 Å². The zero-order valence-corrected chi connectivity index (χ0v) is 19.1. The minimum atomic E-state index is -0.242. The maximum Gasteiger partial charge on any atom is 0.187 e. The average Bonchev–Trinajstić information content (AvgIpc) is 3.48. The predicted octanol–water partition coefficient (Wildman–Crippen LogP) is 5.42. The van der Waals surface area contributed by atoms with Gasteiger partial charge in [0, 0.05) is 19.3 Å². The van der Waals surface area contributed by atoms with Crippen LogP contribution in [0.2, 0.25) is 5.15 Å². The van der Waals surface area contributed by atoms with Gasteiger partial charge in [0.15, 0.2) is 23.1 Å². The first-order chi connectivity index (χ1) is 15.6. The third-order valence-electron chi connectivity index (χ3n) is 8.17. The Bertz CT molecular complexity index is 1150. The van der Waals surface area contributed by atoms with E-state index in [1.807, 2.05) is 0 Å². The molecule has 4 heterocycles. The van der Waals surface area contributed by atoms with Gasteiger partial charge in [0.2, 0.25) is 0 Å². The van der Waals surface area contributed by atoms with E-state index in [0.717, 1.165) is 37.4 Å². The van der Waals surface area contributed by atoms with Crippen LogP contribution >= 0.6 is 11.6 Å². The van der Waals surface area contributed by atoms with Crippen molar-refractivity contribution >= 4 is 28.6 Å². The molecular formula is C24H28ClFN6. The lowest BCUT2D eigenvalue weighted by Crippen LogP contribution is -2.40. The van der Waals surface area contributed by atoms with Gasteiger partial charge in [-0.2, -0.15) is 0 Å². The molecule has 8 heteroatoms. The molecule has 3 saturated carbocycles. The number of rotatable bonds is 4. The lowest BCUT2D eigenvalue weighted by molar-refractivity contribution is 0.0334. The van der Waals surface area contributed by atoms with Crippen molar-refractivity contribution < 1.29 is 4.39 Å². The monoisotopic (exact) mass is 454 g/mol. The number of hydrogen-bond donors (Lipinski definition) is 1. The molecule has 1 aliphatic heterocycles. The van der Waals surface area contributed by atoms with Crippen molar-refractivity contribution in [1.82, 2.24) is 24.9 Å². The van der Waals surface area contributed by atoms with Gasteiger partial charge in [0.25, 0.3) is 0 Å². The van der Waals surface area contributed by atoms with Crippen LogP contribution in [-0.2, 0) is 6.42 Å². The number of nitrogens with zero attached hydrogens (tertiary/aromatic N) is 5. The summed E-state index contributed by atoms with van der Waals surface area (Å²) in [7, 11) is 0. The van der Waals surface area contributed by atoms with Crippen molar-refractivity contribution in [3.8, 4) is 11.4 Å². The zero-order chi connectivity index (χ0) is 21.8. The van der Waals surface area contributed by atoms with E-state index in [-0.39, 0.29) is 5.82 Å². The second-order valence-electron chi connectivity index (χ2n) is 9.82. The smallest absolute Gasteiger partial charge is 0.187 e. The second kappa shape index (κ2) is 7.94.